The van der Waals surface area contributed by atoms with Crippen molar-refractivity contribution >= 4 is 11.9 Å². The Labute approximate surface area is 455 Å². The highest BCUT2D eigenvalue weighted by Gasteiger charge is 2.20. The standard InChI is InChI=1S/C67H125NO5/c1-3-5-7-9-11-13-15-17-19-29-33-37-41-45-49-53-57-61-67(72)73-62-58-54-50-46-42-38-34-31-28-26-24-22-20-21-23-25-27-30-32-36-40-44-48-52-56-60-66(71)68-64(63-69)65(70)59-55-51-47-43-39-35-18-16-14-12-10-8-6-4-2/h11,13,17,19,21-24,64-65,69-70H,3-10,12,14-16,18,20,25-63H2,1-2H3,(H,68,71)/b13-11-,19-17-,23-21-,24-22-. The van der Waals surface area contributed by atoms with Gasteiger partial charge in [-0.15, -0.1) is 0 Å². The number of esters is 1. The number of aliphatic hydroxyl groups is 2. The van der Waals surface area contributed by atoms with E-state index in [4.69, 9.17) is 4.74 Å². The molecule has 0 rings (SSSR count). The summed E-state index contributed by atoms with van der Waals surface area (Å²) in [5.74, 6) is -0.0393. The van der Waals surface area contributed by atoms with Crippen LogP contribution >= 0.6 is 0 Å². The molecular formula is C67H125NO5. The highest BCUT2D eigenvalue weighted by atomic mass is 16.5. The molecule has 0 aliphatic rings. The van der Waals surface area contributed by atoms with E-state index in [-0.39, 0.29) is 18.5 Å². The number of unbranched alkanes of at least 4 members (excludes halogenated alkanes) is 41. The van der Waals surface area contributed by atoms with Crippen LogP contribution in [-0.4, -0.2) is 47.4 Å². The third-order valence-corrected chi connectivity index (χ3v) is 14.9. The Morgan fingerprint density at radius 3 is 1.07 bits per heavy atom. The summed E-state index contributed by atoms with van der Waals surface area (Å²) in [6.07, 6.45) is 79.8. The van der Waals surface area contributed by atoms with Crippen LogP contribution < -0.4 is 5.32 Å². The van der Waals surface area contributed by atoms with E-state index in [1.54, 1.807) is 0 Å². The summed E-state index contributed by atoms with van der Waals surface area (Å²) in [7, 11) is 0. The van der Waals surface area contributed by atoms with Gasteiger partial charge in [-0.25, -0.2) is 0 Å². The highest BCUT2D eigenvalue weighted by Crippen LogP contribution is 2.17. The van der Waals surface area contributed by atoms with E-state index in [0.29, 0.717) is 25.9 Å². The smallest absolute Gasteiger partial charge is 0.305 e. The second-order valence-corrected chi connectivity index (χ2v) is 22.1. The molecule has 6 heteroatoms. The number of allylic oxidation sites excluding steroid dienone is 8. The van der Waals surface area contributed by atoms with Gasteiger partial charge in [0.2, 0.25) is 5.91 Å². The summed E-state index contributed by atoms with van der Waals surface area (Å²) in [5.41, 5.74) is 0. The number of hydrogen-bond donors (Lipinski definition) is 3. The van der Waals surface area contributed by atoms with Gasteiger partial charge in [0, 0.05) is 12.8 Å². The maximum absolute atomic E-state index is 12.5. The summed E-state index contributed by atoms with van der Waals surface area (Å²) in [4.78, 5) is 24.6. The Bertz CT molecular complexity index is 1230. The predicted octanol–water partition coefficient (Wildman–Crippen LogP) is 20.5. The van der Waals surface area contributed by atoms with Gasteiger partial charge in [-0.1, -0.05) is 287 Å². The van der Waals surface area contributed by atoms with Crippen LogP contribution in [-0.2, 0) is 14.3 Å². The SMILES string of the molecule is CCCCC/C=C\C/C=C\CCCCCCCCCC(=O)OCCCCCCCCCCC/C=C\C/C=C\CCCCCCCCCCCC(=O)NC(CO)C(O)CCCCCCCCCCCCCCCC. The lowest BCUT2D eigenvalue weighted by Crippen LogP contribution is -2.45. The zero-order valence-corrected chi connectivity index (χ0v) is 48.9. The van der Waals surface area contributed by atoms with Crippen LogP contribution in [0.2, 0.25) is 0 Å². The largest absolute Gasteiger partial charge is 0.466 e. The van der Waals surface area contributed by atoms with Crippen molar-refractivity contribution in [2.45, 2.75) is 353 Å². The molecule has 1 amide bonds. The Balaban J connectivity index is 3.43. The molecule has 0 bridgehead atoms. The fraction of sp³-hybridized carbons (Fsp3) is 0.851. The van der Waals surface area contributed by atoms with E-state index in [1.165, 1.54) is 250 Å². The van der Waals surface area contributed by atoms with Crippen molar-refractivity contribution < 1.29 is 24.5 Å². The van der Waals surface area contributed by atoms with E-state index in [1.807, 2.05) is 0 Å². The minimum Gasteiger partial charge on any atom is -0.466 e. The third-order valence-electron chi connectivity index (χ3n) is 14.9. The van der Waals surface area contributed by atoms with Gasteiger partial charge in [0.15, 0.2) is 0 Å². The lowest BCUT2D eigenvalue weighted by atomic mass is 10.0. The monoisotopic (exact) mass is 1020 g/mol. The zero-order valence-electron chi connectivity index (χ0n) is 48.9. The summed E-state index contributed by atoms with van der Waals surface area (Å²) in [6.45, 7) is 4.93. The summed E-state index contributed by atoms with van der Waals surface area (Å²) in [5, 5.41) is 23.3. The average Bonchev–Trinajstić information content (AvgIpc) is 3.39. The fourth-order valence-electron chi connectivity index (χ4n) is 9.88. The molecule has 3 N–H and O–H groups in total. The zero-order chi connectivity index (χ0) is 52.9. The highest BCUT2D eigenvalue weighted by molar-refractivity contribution is 5.76. The summed E-state index contributed by atoms with van der Waals surface area (Å²) < 4.78 is 5.49. The van der Waals surface area contributed by atoms with E-state index in [9.17, 15) is 19.8 Å². The van der Waals surface area contributed by atoms with Crippen LogP contribution in [0.5, 0.6) is 0 Å². The first-order chi connectivity index (χ1) is 36.0. The molecule has 73 heavy (non-hydrogen) atoms. The van der Waals surface area contributed by atoms with Crippen LogP contribution in [0, 0.1) is 0 Å². The van der Waals surface area contributed by atoms with Crippen molar-refractivity contribution in [2.75, 3.05) is 13.2 Å². The molecule has 0 saturated carbocycles. The van der Waals surface area contributed by atoms with Gasteiger partial charge in [-0.3, -0.25) is 9.59 Å². The molecule has 0 radical (unpaired) electrons. The molecule has 2 unspecified atom stereocenters. The third kappa shape index (κ3) is 58.9. The van der Waals surface area contributed by atoms with Crippen LogP contribution in [0.15, 0.2) is 48.6 Å². The van der Waals surface area contributed by atoms with E-state index < -0.39 is 12.1 Å². The van der Waals surface area contributed by atoms with Crippen LogP contribution in [0.4, 0.5) is 0 Å². The number of hydrogen-bond acceptors (Lipinski definition) is 5. The molecule has 0 heterocycles. The molecule has 0 aromatic carbocycles. The van der Waals surface area contributed by atoms with Crippen molar-refractivity contribution in [1.29, 1.82) is 0 Å². The van der Waals surface area contributed by atoms with Crippen LogP contribution in [0.3, 0.4) is 0 Å². The van der Waals surface area contributed by atoms with Gasteiger partial charge in [0.05, 0.1) is 25.4 Å². The predicted molar refractivity (Wildman–Crippen MR) is 319 cm³/mol. The Morgan fingerprint density at radius 1 is 0.384 bits per heavy atom. The molecule has 0 aromatic rings. The second-order valence-electron chi connectivity index (χ2n) is 22.1. The molecule has 6 nitrogen and oxygen atoms in total. The lowest BCUT2D eigenvalue weighted by Gasteiger charge is -2.22. The first-order valence-electron chi connectivity index (χ1n) is 32.4. The maximum atomic E-state index is 12.5. The minimum absolute atomic E-state index is 0.00113. The molecule has 2 atom stereocenters. The molecular weight excluding hydrogens is 899 g/mol. The maximum Gasteiger partial charge on any atom is 0.305 e. The van der Waals surface area contributed by atoms with Crippen molar-refractivity contribution in [3.8, 4) is 0 Å². The number of carbonyl (C=O) groups is 2. The van der Waals surface area contributed by atoms with Crippen molar-refractivity contribution in [3.05, 3.63) is 48.6 Å². The molecule has 0 aliphatic heterocycles. The minimum atomic E-state index is -0.669. The van der Waals surface area contributed by atoms with E-state index in [2.05, 4.69) is 67.8 Å². The molecule has 428 valence electrons. The number of rotatable bonds is 60. The van der Waals surface area contributed by atoms with Crippen molar-refractivity contribution in [2.24, 2.45) is 0 Å². The number of amides is 1. The molecule has 0 aliphatic carbocycles. The van der Waals surface area contributed by atoms with Gasteiger partial charge < -0.3 is 20.3 Å². The van der Waals surface area contributed by atoms with E-state index in [0.717, 1.165) is 57.8 Å². The number of ether oxygens (including phenoxy) is 1. The topological polar surface area (TPSA) is 95.9 Å². The van der Waals surface area contributed by atoms with Crippen LogP contribution in [0.1, 0.15) is 341 Å². The van der Waals surface area contributed by atoms with Crippen LogP contribution in [0.25, 0.3) is 0 Å². The average molecular weight is 1020 g/mol. The first-order valence-corrected chi connectivity index (χ1v) is 32.4. The van der Waals surface area contributed by atoms with Gasteiger partial charge in [-0.05, 0) is 89.9 Å². The molecule has 0 fully saturated rings. The van der Waals surface area contributed by atoms with Crippen molar-refractivity contribution in [1.82, 2.24) is 5.32 Å². The Kier molecular flexibility index (Phi) is 60.5. The van der Waals surface area contributed by atoms with Gasteiger partial charge >= 0.3 is 5.97 Å². The Morgan fingerprint density at radius 2 is 0.685 bits per heavy atom. The first kappa shape index (κ1) is 70.8. The summed E-state index contributed by atoms with van der Waals surface area (Å²) >= 11 is 0. The van der Waals surface area contributed by atoms with Gasteiger partial charge in [-0.2, -0.15) is 0 Å². The lowest BCUT2D eigenvalue weighted by molar-refractivity contribution is -0.143. The molecule has 0 spiro atoms. The fourth-order valence-corrected chi connectivity index (χ4v) is 9.88. The molecule has 0 aromatic heterocycles. The second kappa shape index (κ2) is 62.4. The molecule has 0 saturated heterocycles. The van der Waals surface area contributed by atoms with E-state index >= 15 is 0 Å². The Hall–Kier alpha value is -2.18. The number of carbonyl (C=O) groups excluding carboxylic acids is 2. The van der Waals surface area contributed by atoms with Gasteiger partial charge in [0.1, 0.15) is 0 Å². The number of aliphatic hydroxyl groups excluding tert-OH is 2. The van der Waals surface area contributed by atoms with Gasteiger partial charge in [0.25, 0.3) is 0 Å². The van der Waals surface area contributed by atoms with Crippen molar-refractivity contribution in [3.63, 3.8) is 0 Å². The summed E-state index contributed by atoms with van der Waals surface area (Å²) in [6, 6.07) is -0.546. The quantitative estimate of drug-likeness (QED) is 0.0320. The number of nitrogens with one attached hydrogen (secondary N) is 1. The normalized spacial score (nSPS) is 12.9.